The largest absolute Gasteiger partial charge is 0.478 e. The van der Waals surface area contributed by atoms with Crippen molar-refractivity contribution in [1.82, 2.24) is 0 Å². The van der Waals surface area contributed by atoms with Gasteiger partial charge >= 0.3 is 5.97 Å². The van der Waals surface area contributed by atoms with E-state index in [4.69, 9.17) is 0 Å². The summed E-state index contributed by atoms with van der Waals surface area (Å²) in [5.74, 6) is -0.925. The van der Waals surface area contributed by atoms with E-state index in [0.717, 1.165) is 31.6 Å². The number of rotatable bonds is 5. The number of carbonyl (C=O) groups excluding carboxylic acids is 1. The van der Waals surface area contributed by atoms with Crippen LogP contribution in [0.1, 0.15) is 56.3 Å². The van der Waals surface area contributed by atoms with Crippen molar-refractivity contribution >= 4 is 23.3 Å². The van der Waals surface area contributed by atoms with Crippen molar-refractivity contribution in [3.63, 3.8) is 0 Å². The number of carbonyl (C=O) groups is 2. The van der Waals surface area contributed by atoms with Crippen LogP contribution in [0.3, 0.4) is 0 Å². The zero-order valence-electron chi connectivity index (χ0n) is 14.0. The molecule has 1 aromatic rings. The lowest BCUT2D eigenvalue weighted by Gasteiger charge is -2.23. The van der Waals surface area contributed by atoms with Gasteiger partial charge in [0.1, 0.15) is 0 Å². The van der Waals surface area contributed by atoms with Crippen LogP contribution in [-0.2, 0) is 4.79 Å². The Bertz CT molecular complexity index is 561. The molecule has 0 atom stereocenters. The number of aromatic carboxylic acids is 1. The lowest BCUT2D eigenvalue weighted by molar-refractivity contribution is -0.116. The van der Waals surface area contributed by atoms with Gasteiger partial charge < -0.3 is 15.3 Å². The number of anilines is 2. The molecule has 126 valence electrons. The van der Waals surface area contributed by atoms with E-state index < -0.39 is 5.97 Å². The third kappa shape index (κ3) is 4.98. The summed E-state index contributed by atoms with van der Waals surface area (Å²) in [5.41, 5.74) is 1.46. The first-order valence-electron chi connectivity index (χ1n) is 8.39. The van der Waals surface area contributed by atoms with E-state index in [1.165, 1.54) is 12.8 Å². The van der Waals surface area contributed by atoms with Gasteiger partial charge in [-0.2, -0.15) is 0 Å². The van der Waals surface area contributed by atoms with Gasteiger partial charge in [-0.3, -0.25) is 4.79 Å². The number of amides is 1. The normalized spacial score (nSPS) is 15.3. The van der Waals surface area contributed by atoms with Crippen LogP contribution >= 0.6 is 0 Å². The van der Waals surface area contributed by atoms with Crippen LogP contribution in [-0.4, -0.2) is 30.1 Å². The summed E-state index contributed by atoms with van der Waals surface area (Å²) in [6.07, 6.45) is 5.11. The Morgan fingerprint density at radius 1 is 1.17 bits per heavy atom. The van der Waals surface area contributed by atoms with Crippen LogP contribution in [0.15, 0.2) is 18.2 Å². The lowest BCUT2D eigenvalue weighted by Crippen LogP contribution is -2.24. The van der Waals surface area contributed by atoms with E-state index in [2.05, 4.69) is 10.2 Å². The standard InChI is InChI=1S/C18H26N2O3/c1-13(2)11-17(21)19-16-8-7-14(12-15(16)18(22)23)20-9-5-3-4-6-10-20/h7-8,12-13H,3-6,9-11H2,1-2H3,(H,19,21)(H,22,23). The second-order valence-electron chi connectivity index (χ2n) is 6.58. The highest BCUT2D eigenvalue weighted by Gasteiger charge is 2.17. The Labute approximate surface area is 137 Å². The highest BCUT2D eigenvalue weighted by Crippen LogP contribution is 2.26. The van der Waals surface area contributed by atoms with Gasteiger partial charge in [-0.25, -0.2) is 4.79 Å². The molecular weight excluding hydrogens is 292 g/mol. The van der Waals surface area contributed by atoms with Crippen LogP contribution in [0.25, 0.3) is 0 Å². The zero-order valence-corrected chi connectivity index (χ0v) is 14.0. The summed E-state index contributed by atoms with van der Waals surface area (Å²) < 4.78 is 0. The van der Waals surface area contributed by atoms with Crippen molar-refractivity contribution < 1.29 is 14.7 Å². The molecule has 1 heterocycles. The van der Waals surface area contributed by atoms with Crippen LogP contribution in [0.5, 0.6) is 0 Å². The molecule has 5 heteroatoms. The smallest absolute Gasteiger partial charge is 0.337 e. The quantitative estimate of drug-likeness (QED) is 0.867. The van der Waals surface area contributed by atoms with Gasteiger partial charge in [0, 0.05) is 25.2 Å². The monoisotopic (exact) mass is 318 g/mol. The molecule has 0 unspecified atom stereocenters. The average molecular weight is 318 g/mol. The van der Waals surface area contributed by atoms with Gasteiger partial charge in [0.15, 0.2) is 0 Å². The van der Waals surface area contributed by atoms with Gasteiger partial charge in [-0.1, -0.05) is 26.7 Å². The Morgan fingerprint density at radius 2 is 1.83 bits per heavy atom. The minimum atomic E-state index is -1.01. The molecule has 5 nitrogen and oxygen atoms in total. The van der Waals surface area contributed by atoms with Crippen molar-refractivity contribution in [2.24, 2.45) is 5.92 Å². The molecular formula is C18H26N2O3. The van der Waals surface area contributed by atoms with Crippen molar-refractivity contribution in [1.29, 1.82) is 0 Å². The fourth-order valence-corrected chi connectivity index (χ4v) is 2.92. The molecule has 0 spiro atoms. The summed E-state index contributed by atoms with van der Waals surface area (Å²) in [6, 6.07) is 5.29. The Kier molecular flexibility index (Phi) is 6.02. The fraction of sp³-hybridized carbons (Fsp3) is 0.556. The number of nitrogens with one attached hydrogen (secondary N) is 1. The average Bonchev–Trinajstić information content (AvgIpc) is 2.75. The minimum absolute atomic E-state index is 0.148. The number of hydrogen-bond acceptors (Lipinski definition) is 3. The summed E-state index contributed by atoms with van der Waals surface area (Å²) in [4.78, 5) is 25.7. The molecule has 0 aliphatic carbocycles. The SMILES string of the molecule is CC(C)CC(=O)Nc1ccc(N2CCCCCC2)cc1C(=O)O. The van der Waals surface area contributed by atoms with E-state index in [-0.39, 0.29) is 17.4 Å². The Balaban J connectivity index is 2.20. The predicted octanol–water partition coefficient (Wildman–Crippen LogP) is 3.75. The number of nitrogens with zero attached hydrogens (tertiary/aromatic N) is 1. The Morgan fingerprint density at radius 3 is 2.39 bits per heavy atom. The molecule has 0 bridgehead atoms. The van der Waals surface area contributed by atoms with E-state index in [1.54, 1.807) is 12.1 Å². The second-order valence-corrected chi connectivity index (χ2v) is 6.58. The molecule has 0 aromatic heterocycles. The molecule has 2 N–H and O–H groups in total. The third-order valence-corrected chi connectivity index (χ3v) is 4.07. The van der Waals surface area contributed by atoms with E-state index >= 15 is 0 Å². The molecule has 0 radical (unpaired) electrons. The predicted molar refractivity (Wildman–Crippen MR) is 92.2 cm³/mol. The molecule has 1 saturated heterocycles. The molecule has 1 aromatic carbocycles. The minimum Gasteiger partial charge on any atom is -0.478 e. The number of carboxylic acids is 1. The second kappa shape index (κ2) is 7.99. The lowest BCUT2D eigenvalue weighted by atomic mass is 10.1. The highest BCUT2D eigenvalue weighted by atomic mass is 16.4. The van der Waals surface area contributed by atoms with Crippen LogP contribution in [0.4, 0.5) is 11.4 Å². The number of benzene rings is 1. The first-order valence-corrected chi connectivity index (χ1v) is 8.39. The Hall–Kier alpha value is -2.04. The van der Waals surface area contributed by atoms with Gasteiger partial charge in [-0.05, 0) is 37.0 Å². The molecule has 1 fully saturated rings. The van der Waals surface area contributed by atoms with Gasteiger partial charge in [-0.15, -0.1) is 0 Å². The molecule has 2 rings (SSSR count). The molecule has 1 amide bonds. The van der Waals surface area contributed by atoms with Crippen molar-refractivity contribution in [2.75, 3.05) is 23.3 Å². The highest BCUT2D eigenvalue weighted by molar-refractivity contribution is 6.01. The number of hydrogen-bond donors (Lipinski definition) is 2. The van der Waals surface area contributed by atoms with Crippen molar-refractivity contribution in [2.45, 2.75) is 46.0 Å². The topological polar surface area (TPSA) is 69.6 Å². The van der Waals surface area contributed by atoms with Crippen LogP contribution in [0.2, 0.25) is 0 Å². The summed E-state index contributed by atoms with van der Waals surface area (Å²) in [7, 11) is 0. The van der Waals surface area contributed by atoms with E-state index in [1.807, 2.05) is 19.9 Å². The summed E-state index contributed by atoms with van der Waals surface area (Å²) in [5, 5.41) is 12.2. The molecule has 23 heavy (non-hydrogen) atoms. The van der Waals surface area contributed by atoms with Crippen LogP contribution in [0, 0.1) is 5.92 Å². The maximum absolute atomic E-state index is 11.9. The van der Waals surface area contributed by atoms with E-state index in [9.17, 15) is 14.7 Å². The fourth-order valence-electron chi connectivity index (χ4n) is 2.92. The first-order chi connectivity index (χ1) is 11.0. The van der Waals surface area contributed by atoms with Crippen LogP contribution < -0.4 is 10.2 Å². The summed E-state index contributed by atoms with van der Waals surface area (Å²) >= 11 is 0. The van der Waals surface area contributed by atoms with Gasteiger partial charge in [0.25, 0.3) is 0 Å². The van der Waals surface area contributed by atoms with Gasteiger partial charge in [0.05, 0.1) is 11.3 Å². The maximum Gasteiger partial charge on any atom is 0.337 e. The van der Waals surface area contributed by atoms with Crippen molar-refractivity contribution in [3.8, 4) is 0 Å². The summed E-state index contributed by atoms with van der Waals surface area (Å²) in [6.45, 7) is 5.83. The van der Waals surface area contributed by atoms with E-state index in [0.29, 0.717) is 12.1 Å². The van der Waals surface area contributed by atoms with Crippen molar-refractivity contribution in [3.05, 3.63) is 23.8 Å². The zero-order chi connectivity index (χ0) is 16.8. The number of carboxylic acid groups (broad SMARTS) is 1. The maximum atomic E-state index is 11.9. The molecule has 1 aliphatic heterocycles. The molecule has 1 aliphatic rings. The first kappa shape index (κ1) is 17.3. The third-order valence-electron chi connectivity index (χ3n) is 4.07. The van der Waals surface area contributed by atoms with Gasteiger partial charge in [0.2, 0.25) is 5.91 Å². The molecule has 0 saturated carbocycles.